The number of carbonyl (C=O) groups excluding carboxylic acids is 4. The van der Waals surface area contributed by atoms with E-state index >= 15 is 0 Å². The minimum atomic E-state index is -1.74. The van der Waals surface area contributed by atoms with Crippen molar-refractivity contribution in [1.29, 1.82) is 0 Å². The molecule has 0 aliphatic carbocycles. The summed E-state index contributed by atoms with van der Waals surface area (Å²) in [6.07, 6.45) is 0. The second-order valence-electron chi connectivity index (χ2n) is 5.99. The van der Waals surface area contributed by atoms with Crippen molar-refractivity contribution >= 4 is 29.4 Å². The van der Waals surface area contributed by atoms with Crippen molar-refractivity contribution in [3.05, 3.63) is 29.6 Å². The Labute approximate surface area is 145 Å². The number of hydrogen-bond donors (Lipinski definition) is 3. The molecule has 1 aromatic rings. The van der Waals surface area contributed by atoms with Gasteiger partial charge in [-0.1, -0.05) is 0 Å². The van der Waals surface area contributed by atoms with Crippen molar-refractivity contribution in [3.8, 4) is 0 Å². The Balaban J connectivity index is 1.88. The van der Waals surface area contributed by atoms with E-state index in [0.29, 0.717) is 11.0 Å². The molecule has 0 atom stereocenters. The van der Waals surface area contributed by atoms with E-state index in [9.17, 15) is 32.3 Å². The van der Waals surface area contributed by atoms with E-state index in [2.05, 4.69) is 10.6 Å². The van der Waals surface area contributed by atoms with Crippen LogP contribution in [-0.2, 0) is 14.4 Å². The molecule has 3 N–H and O–H groups in total. The van der Waals surface area contributed by atoms with Gasteiger partial charge in [-0.3, -0.25) is 19.3 Å². The molecule has 0 radical (unpaired) electrons. The summed E-state index contributed by atoms with van der Waals surface area (Å²) in [6, 6.07) is 0.706. The number of benzene rings is 1. The van der Waals surface area contributed by atoms with Crippen molar-refractivity contribution in [2.75, 3.05) is 18.4 Å². The Morgan fingerprint density at radius 1 is 1.12 bits per heavy atom. The molecule has 1 aromatic carbocycles. The van der Waals surface area contributed by atoms with Gasteiger partial charge in [0.15, 0.2) is 17.5 Å². The molecule has 1 saturated heterocycles. The third kappa shape index (κ3) is 3.92. The minimum Gasteiger partial charge on any atom is -0.345 e. The standard InChI is InChI=1S/C15H15F3N4O4/c1-15(2)13(25)22(14(26)21-15)6-10(24)19-5-9(23)20-8-4-3-7(16)11(17)12(8)18/h3-4H,5-6H2,1-2H3,(H,19,24)(H,20,23)(H,21,26). The fraction of sp³-hybridized carbons (Fsp3) is 0.333. The molecule has 0 saturated carbocycles. The first-order chi connectivity index (χ1) is 12.0. The van der Waals surface area contributed by atoms with Crippen LogP contribution < -0.4 is 16.0 Å². The van der Waals surface area contributed by atoms with Crippen LogP contribution in [0.2, 0.25) is 0 Å². The highest BCUT2D eigenvalue weighted by Gasteiger charge is 2.44. The number of hydrogen-bond acceptors (Lipinski definition) is 4. The van der Waals surface area contributed by atoms with Gasteiger partial charge >= 0.3 is 6.03 Å². The van der Waals surface area contributed by atoms with Crippen LogP contribution >= 0.6 is 0 Å². The Kier molecular flexibility index (Phi) is 5.19. The number of anilines is 1. The van der Waals surface area contributed by atoms with Crippen LogP contribution in [0.1, 0.15) is 13.8 Å². The normalized spacial score (nSPS) is 15.7. The summed E-state index contributed by atoms with van der Waals surface area (Å²) in [6.45, 7) is 1.69. The summed E-state index contributed by atoms with van der Waals surface area (Å²) in [4.78, 5) is 47.7. The van der Waals surface area contributed by atoms with E-state index in [1.165, 1.54) is 13.8 Å². The van der Waals surface area contributed by atoms with Gasteiger partial charge in [-0.05, 0) is 26.0 Å². The molecule has 0 spiro atoms. The third-order valence-electron chi connectivity index (χ3n) is 3.50. The number of nitrogens with zero attached hydrogens (tertiary/aromatic N) is 1. The van der Waals surface area contributed by atoms with Crippen LogP contribution in [-0.4, -0.2) is 47.3 Å². The van der Waals surface area contributed by atoms with Gasteiger partial charge in [0.2, 0.25) is 11.8 Å². The monoisotopic (exact) mass is 372 g/mol. The topological polar surface area (TPSA) is 108 Å². The van der Waals surface area contributed by atoms with Crippen LogP contribution in [0.25, 0.3) is 0 Å². The zero-order valence-corrected chi connectivity index (χ0v) is 13.8. The third-order valence-corrected chi connectivity index (χ3v) is 3.50. The first-order valence-electron chi connectivity index (χ1n) is 7.37. The van der Waals surface area contributed by atoms with Gasteiger partial charge in [0.25, 0.3) is 5.91 Å². The zero-order chi connectivity index (χ0) is 19.6. The van der Waals surface area contributed by atoms with Crippen molar-refractivity contribution in [1.82, 2.24) is 15.5 Å². The summed E-state index contributed by atoms with van der Waals surface area (Å²) in [5.41, 5.74) is -1.74. The van der Waals surface area contributed by atoms with Crippen molar-refractivity contribution < 1.29 is 32.3 Å². The molecule has 0 aromatic heterocycles. The molecule has 0 bridgehead atoms. The zero-order valence-electron chi connectivity index (χ0n) is 13.8. The van der Waals surface area contributed by atoms with Crippen molar-refractivity contribution in [3.63, 3.8) is 0 Å². The van der Waals surface area contributed by atoms with E-state index in [1.54, 1.807) is 0 Å². The average molecular weight is 372 g/mol. The highest BCUT2D eigenvalue weighted by atomic mass is 19.2. The summed E-state index contributed by atoms with van der Waals surface area (Å²) in [7, 11) is 0. The predicted octanol–water partition coefficient (Wildman–Crippen LogP) is 0.489. The first kappa shape index (κ1) is 19.2. The lowest BCUT2D eigenvalue weighted by atomic mass is 10.1. The Hall–Kier alpha value is -3.11. The van der Waals surface area contributed by atoms with Gasteiger partial charge in [0, 0.05) is 0 Å². The maximum absolute atomic E-state index is 13.4. The van der Waals surface area contributed by atoms with E-state index in [0.717, 1.165) is 6.07 Å². The molecule has 5 amide bonds. The van der Waals surface area contributed by atoms with Crippen LogP contribution in [0.4, 0.5) is 23.7 Å². The number of halogens is 3. The fourth-order valence-electron chi connectivity index (χ4n) is 2.16. The second-order valence-corrected chi connectivity index (χ2v) is 5.99. The van der Waals surface area contributed by atoms with E-state index < -0.39 is 65.5 Å². The Morgan fingerprint density at radius 3 is 2.35 bits per heavy atom. The molecule has 1 aliphatic rings. The summed E-state index contributed by atoms with van der Waals surface area (Å²) < 4.78 is 39.3. The van der Waals surface area contributed by atoms with Gasteiger partial charge in [0.05, 0.1) is 12.2 Å². The van der Waals surface area contributed by atoms with Crippen molar-refractivity contribution in [2.24, 2.45) is 0 Å². The molecule has 0 unspecified atom stereocenters. The molecule has 1 heterocycles. The Bertz CT molecular complexity index is 797. The van der Waals surface area contributed by atoms with Crippen LogP contribution in [0.3, 0.4) is 0 Å². The largest absolute Gasteiger partial charge is 0.345 e. The van der Waals surface area contributed by atoms with E-state index in [1.807, 2.05) is 5.32 Å². The maximum Gasteiger partial charge on any atom is 0.325 e. The first-order valence-corrected chi connectivity index (χ1v) is 7.37. The lowest BCUT2D eigenvalue weighted by Gasteiger charge is -2.15. The molecule has 1 aliphatic heterocycles. The van der Waals surface area contributed by atoms with Gasteiger partial charge in [-0.2, -0.15) is 0 Å². The molecule has 11 heteroatoms. The smallest absolute Gasteiger partial charge is 0.325 e. The predicted molar refractivity (Wildman–Crippen MR) is 82.3 cm³/mol. The van der Waals surface area contributed by atoms with Gasteiger partial charge in [-0.25, -0.2) is 18.0 Å². The maximum atomic E-state index is 13.4. The molecule has 26 heavy (non-hydrogen) atoms. The van der Waals surface area contributed by atoms with Gasteiger partial charge < -0.3 is 16.0 Å². The fourth-order valence-corrected chi connectivity index (χ4v) is 2.16. The van der Waals surface area contributed by atoms with Crippen molar-refractivity contribution in [2.45, 2.75) is 19.4 Å². The minimum absolute atomic E-state index is 0.598. The van der Waals surface area contributed by atoms with Crippen LogP contribution in [0.15, 0.2) is 12.1 Å². The molecule has 140 valence electrons. The molecule has 8 nitrogen and oxygen atoms in total. The number of carbonyl (C=O) groups is 4. The van der Waals surface area contributed by atoms with Gasteiger partial charge in [-0.15, -0.1) is 0 Å². The summed E-state index contributed by atoms with van der Waals surface area (Å²) in [5.74, 6) is -7.07. The van der Waals surface area contributed by atoms with E-state index in [4.69, 9.17) is 0 Å². The Morgan fingerprint density at radius 2 is 1.77 bits per heavy atom. The highest BCUT2D eigenvalue weighted by molar-refractivity contribution is 6.08. The molecular formula is C15H15F3N4O4. The second kappa shape index (κ2) is 7.02. The van der Waals surface area contributed by atoms with Gasteiger partial charge in [0.1, 0.15) is 12.1 Å². The molecule has 2 rings (SSSR count). The summed E-state index contributed by atoms with van der Waals surface area (Å²) >= 11 is 0. The lowest BCUT2D eigenvalue weighted by molar-refractivity contribution is -0.134. The number of amides is 5. The number of nitrogens with one attached hydrogen (secondary N) is 3. The molecular weight excluding hydrogens is 357 g/mol. The summed E-state index contributed by atoms with van der Waals surface area (Å²) in [5, 5.41) is 6.47. The molecule has 1 fully saturated rings. The van der Waals surface area contributed by atoms with E-state index in [-0.39, 0.29) is 0 Å². The number of rotatable bonds is 5. The number of urea groups is 1. The highest BCUT2D eigenvalue weighted by Crippen LogP contribution is 2.19. The number of imide groups is 1. The van der Waals surface area contributed by atoms with Crippen LogP contribution in [0.5, 0.6) is 0 Å². The van der Waals surface area contributed by atoms with Crippen LogP contribution in [0, 0.1) is 17.5 Å². The quantitative estimate of drug-likeness (QED) is 0.516. The lowest BCUT2D eigenvalue weighted by Crippen LogP contribution is -2.44. The average Bonchev–Trinajstić information content (AvgIpc) is 2.75. The SMILES string of the molecule is CC1(C)NC(=O)N(CC(=O)NCC(=O)Nc2ccc(F)c(F)c2F)C1=O.